The number of phenolic OH excluding ortho intramolecular Hbond substituents is 1. The van der Waals surface area contributed by atoms with E-state index in [4.69, 9.17) is 5.11 Å². The fourth-order valence-corrected chi connectivity index (χ4v) is 2.34. The van der Waals surface area contributed by atoms with E-state index in [1.807, 2.05) is 19.1 Å². The molecule has 0 saturated heterocycles. The van der Waals surface area contributed by atoms with Gasteiger partial charge in [0.1, 0.15) is 0 Å². The van der Waals surface area contributed by atoms with Gasteiger partial charge in [-0.2, -0.15) is 0 Å². The van der Waals surface area contributed by atoms with Crippen LogP contribution < -0.4 is 3.78 Å². The van der Waals surface area contributed by atoms with Crippen molar-refractivity contribution in [2.45, 2.75) is 12.1 Å². The molecular weight excluding hydrogens is 309 g/mol. The number of aromatic hydroxyl groups is 1. The van der Waals surface area contributed by atoms with Gasteiger partial charge in [0.15, 0.2) is 0 Å². The van der Waals surface area contributed by atoms with E-state index >= 15 is 0 Å². The first-order valence-electron chi connectivity index (χ1n) is 2.91. The van der Waals surface area contributed by atoms with Gasteiger partial charge in [-0.3, -0.25) is 0 Å². The SMILES string of the molecule is [CH3][Au][c]1ccc(O)cc1C. The summed E-state index contributed by atoms with van der Waals surface area (Å²) in [4.78, 5) is 0. The minimum absolute atomic E-state index is 0.265. The van der Waals surface area contributed by atoms with Gasteiger partial charge in [0.2, 0.25) is 0 Å². The van der Waals surface area contributed by atoms with Crippen molar-refractivity contribution in [1.29, 1.82) is 0 Å². The molecule has 0 amide bonds. The summed E-state index contributed by atoms with van der Waals surface area (Å²) in [7, 11) is 0. The molecule has 0 aliphatic rings. The summed E-state index contributed by atoms with van der Waals surface area (Å²) in [6.07, 6.45) is 0. The molecule has 1 aromatic carbocycles. The molecule has 0 fully saturated rings. The fourth-order valence-electron chi connectivity index (χ4n) is 0.786. The van der Waals surface area contributed by atoms with Gasteiger partial charge in [-0.1, -0.05) is 0 Å². The van der Waals surface area contributed by atoms with Gasteiger partial charge in [0.05, 0.1) is 0 Å². The fraction of sp³-hybridized carbons (Fsp3) is 0.250. The van der Waals surface area contributed by atoms with E-state index < -0.39 is 0 Å². The predicted octanol–water partition coefficient (Wildman–Crippen LogP) is 1.46. The first-order chi connectivity index (χ1) is 4.74. The molecule has 0 unspecified atom stereocenters. The van der Waals surface area contributed by atoms with Crippen molar-refractivity contribution in [3.8, 4) is 5.75 Å². The first kappa shape index (κ1) is 7.86. The van der Waals surface area contributed by atoms with E-state index in [2.05, 4.69) is 5.14 Å². The summed E-state index contributed by atoms with van der Waals surface area (Å²) >= 11 is 0.265. The quantitative estimate of drug-likeness (QED) is 0.777. The van der Waals surface area contributed by atoms with Crippen LogP contribution in [-0.2, 0) is 19.8 Å². The number of hydrogen-bond donors (Lipinski definition) is 1. The predicted molar refractivity (Wildman–Crippen MR) is 38.3 cm³/mol. The van der Waals surface area contributed by atoms with E-state index in [0.717, 1.165) is 0 Å². The summed E-state index contributed by atoms with van der Waals surface area (Å²) in [5, 5.41) is 11.3. The molecule has 0 aromatic heterocycles. The average molecular weight is 319 g/mol. The van der Waals surface area contributed by atoms with Crippen molar-refractivity contribution in [2.24, 2.45) is 0 Å². The van der Waals surface area contributed by atoms with Crippen molar-refractivity contribution in [3.05, 3.63) is 23.8 Å². The molecular formula is C8H10AuO. The molecule has 0 saturated carbocycles. The van der Waals surface area contributed by atoms with Crippen molar-refractivity contribution in [2.75, 3.05) is 0 Å². The van der Waals surface area contributed by atoms with Crippen LogP contribution in [0.25, 0.3) is 0 Å². The third-order valence-electron chi connectivity index (χ3n) is 1.26. The van der Waals surface area contributed by atoms with Crippen LogP contribution in [0.2, 0.25) is 5.14 Å². The zero-order valence-electron chi connectivity index (χ0n) is 5.98. The number of rotatable bonds is 1. The van der Waals surface area contributed by atoms with Gasteiger partial charge in [0.25, 0.3) is 0 Å². The third-order valence-corrected chi connectivity index (χ3v) is 3.64. The second-order valence-electron chi connectivity index (χ2n) is 2.04. The molecule has 59 valence electrons. The molecule has 1 N–H and O–H groups in total. The van der Waals surface area contributed by atoms with Gasteiger partial charge in [-0.05, 0) is 0 Å². The summed E-state index contributed by atoms with van der Waals surface area (Å²) in [5.74, 6) is 0.372. The first-order valence-corrected chi connectivity index (χ1v) is 6.16. The molecule has 10 heavy (non-hydrogen) atoms. The van der Waals surface area contributed by atoms with E-state index in [9.17, 15) is 0 Å². The van der Waals surface area contributed by atoms with Crippen LogP contribution in [-0.4, -0.2) is 5.11 Å². The van der Waals surface area contributed by atoms with E-state index in [1.54, 1.807) is 6.07 Å². The number of phenols is 1. The van der Waals surface area contributed by atoms with Crippen LogP contribution in [0.1, 0.15) is 5.56 Å². The Hall–Kier alpha value is -0.240. The van der Waals surface area contributed by atoms with E-state index in [-0.39, 0.29) is 19.8 Å². The van der Waals surface area contributed by atoms with Crippen molar-refractivity contribution in [3.63, 3.8) is 0 Å². The van der Waals surface area contributed by atoms with Gasteiger partial charge in [-0.25, -0.2) is 0 Å². The Morgan fingerprint density at radius 1 is 1.40 bits per heavy atom. The normalized spacial score (nSPS) is 10.2. The Bertz CT molecular complexity index is 233. The molecule has 1 nitrogen and oxygen atoms in total. The number of benzene rings is 1. The molecule has 1 aromatic rings. The Morgan fingerprint density at radius 2 is 2.10 bits per heavy atom. The Labute approximate surface area is 70.4 Å². The van der Waals surface area contributed by atoms with Crippen LogP contribution in [0.4, 0.5) is 0 Å². The van der Waals surface area contributed by atoms with Gasteiger partial charge in [-0.15, -0.1) is 0 Å². The summed E-state index contributed by atoms with van der Waals surface area (Å²) in [6, 6.07) is 5.57. The van der Waals surface area contributed by atoms with Crippen molar-refractivity contribution >= 4 is 3.78 Å². The molecule has 0 bridgehead atoms. The van der Waals surface area contributed by atoms with Crippen LogP contribution in [0.15, 0.2) is 18.2 Å². The van der Waals surface area contributed by atoms with Crippen LogP contribution in [0, 0.1) is 6.92 Å². The minimum atomic E-state index is 0.265. The average Bonchev–Trinajstić information content (AvgIpc) is 1.88. The van der Waals surface area contributed by atoms with Crippen molar-refractivity contribution < 1.29 is 24.9 Å². The van der Waals surface area contributed by atoms with Crippen molar-refractivity contribution in [1.82, 2.24) is 0 Å². The number of hydrogen-bond acceptors (Lipinski definition) is 1. The van der Waals surface area contributed by atoms with E-state index in [1.165, 1.54) is 9.34 Å². The van der Waals surface area contributed by atoms with Gasteiger partial charge >= 0.3 is 70.2 Å². The van der Waals surface area contributed by atoms with Crippen LogP contribution >= 0.6 is 0 Å². The van der Waals surface area contributed by atoms with Gasteiger partial charge in [0, 0.05) is 0 Å². The standard InChI is InChI=1S/C7H7O.CH3.Au/c1-6-3-2-4-7(8)5-6;;/h2,4-5,8H,1H3;1H3;. The molecule has 0 heterocycles. The summed E-state index contributed by atoms with van der Waals surface area (Å²) in [5.41, 5.74) is 1.21. The Kier molecular flexibility index (Phi) is 2.55. The third kappa shape index (κ3) is 1.63. The Morgan fingerprint density at radius 3 is 2.60 bits per heavy atom. The van der Waals surface area contributed by atoms with Gasteiger partial charge < -0.3 is 0 Å². The van der Waals surface area contributed by atoms with E-state index in [0.29, 0.717) is 5.75 Å². The molecule has 1 rings (SSSR count). The second kappa shape index (κ2) is 3.24. The molecule has 0 spiro atoms. The number of aryl methyl sites for hydroxylation is 1. The molecule has 2 heteroatoms. The summed E-state index contributed by atoms with van der Waals surface area (Å²) < 4.78 is 1.40. The zero-order valence-corrected chi connectivity index (χ0v) is 8.15. The Balaban J connectivity index is 3.07. The molecule has 0 radical (unpaired) electrons. The molecule has 0 atom stereocenters. The maximum atomic E-state index is 9.04. The monoisotopic (exact) mass is 319 g/mol. The zero-order chi connectivity index (χ0) is 7.56. The molecule has 0 aliphatic carbocycles. The topological polar surface area (TPSA) is 20.2 Å². The van der Waals surface area contributed by atoms with Crippen LogP contribution in [0.3, 0.4) is 0 Å². The molecule has 0 aliphatic heterocycles. The van der Waals surface area contributed by atoms with Crippen LogP contribution in [0.5, 0.6) is 5.75 Å². The summed E-state index contributed by atoms with van der Waals surface area (Å²) in [6.45, 7) is 2.04. The second-order valence-corrected chi connectivity index (χ2v) is 4.29. The maximum absolute atomic E-state index is 9.04.